The van der Waals surface area contributed by atoms with E-state index in [4.69, 9.17) is 15.2 Å². The molecule has 1 aromatic heterocycles. The van der Waals surface area contributed by atoms with Crippen LogP contribution < -0.4 is 19.9 Å². The van der Waals surface area contributed by atoms with E-state index in [9.17, 15) is 13.2 Å². The third kappa shape index (κ3) is 3.17. The van der Waals surface area contributed by atoms with Gasteiger partial charge in [-0.15, -0.1) is 0 Å². The van der Waals surface area contributed by atoms with Crippen LogP contribution in [0.2, 0.25) is 0 Å². The summed E-state index contributed by atoms with van der Waals surface area (Å²) in [4.78, 5) is 15.4. The minimum Gasteiger partial charge on any atom is -0.493 e. The van der Waals surface area contributed by atoms with Crippen molar-refractivity contribution in [3.63, 3.8) is 0 Å². The number of ether oxygens (including phenoxy) is 2. The number of aromatic nitrogens is 2. The van der Waals surface area contributed by atoms with Crippen molar-refractivity contribution in [2.75, 3.05) is 18.9 Å². The summed E-state index contributed by atoms with van der Waals surface area (Å²) in [6.07, 6.45) is 1.79. The first-order chi connectivity index (χ1) is 13.8. The van der Waals surface area contributed by atoms with Crippen LogP contribution in [0.5, 0.6) is 11.5 Å². The summed E-state index contributed by atoms with van der Waals surface area (Å²) in [6, 6.07) is 9.39. The van der Waals surface area contributed by atoms with Gasteiger partial charge < -0.3 is 15.2 Å². The number of imidazole rings is 1. The van der Waals surface area contributed by atoms with Gasteiger partial charge in [0.25, 0.3) is 10.0 Å². The van der Waals surface area contributed by atoms with Crippen molar-refractivity contribution in [1.82, 2.24) is 9.55 Å². The van der Waals surface area contributed by atoms with Gasteiger partial charge in [0.15, 0.2) is 16.5 Å². The predicted octanol–water partition coefficient (Wildman–Crippen LogP) is 1.69. The Bertz CT molecular complexity index is 1220. The summed E-state index contributed by atoms with van der Waals surface area (Å²) in [6.45, 7) is 0. The molecule has 0 saturated heterocycles. The summed E-state index contributed by atoms with van der Waals surface area (Å²) >= 11 is 0. The van der Waals surface area contributed by atoms with Gasteiger partial charge in [-0.05, 0) is 35.9 Å². The van der Waals surface area contributed by atoms with E-state index in [1.54, 1.807) is 17.7 Å². The van der Waals surface area contributed by atoms with Crippen LogP contribution in [0.3, 0.4) is 0 Å². The molecule has 0 radical (unpaired) electrons. The Morgan fingerprint density at radius 2 is 1.79 bits per heavy atom. The van der Waals surface area contributed by atoms with Gasteiger partial charge in [0.05, 0.1) is 26.1 Å². The molecule has 3 aromatic rings. The highest BCUT2D eigenvalue weighted by Gasteiger charge is 2.30. The number of anilines is 1. The van der Waals surface area contributed by atoms with Crippen molar-refractivity contribution in [2.45, 2.75) is 11.4 Å². The summed E-state index contributed by atoms with van der Waals surface area (Å²) < 4.78 is 40.8. The molecule has 0 saturated carbocycles. The molecule has 2 aromatic carbocycles. The lowest BCUT2D eigenvalue weighted by Gasteiger charge is -2.13. The van der Waals surface area contributed by atoms with Crippen molar-refractivity contribution >= 4 is 21.6 Å². The number of methoxy groups -OCH3 is 2. The maximum absolute atomic E-state index is 13.0. The third-order valence-electron chi connectivity index (χ3n) is 4.67. The van der Waals surface area contributed by atoms with Crippen molar-refractivity contribution < 1.29 is 22.7 Å². The molecule has 0 aliphatic carbocycles. The maximum Gasteiger partial charge on any atom is 0.279 e. The van der Waals surface area contributed by atoms with Crippen molar-refractivity contribution in [2.24, 2.45) is 5.73 Å². The van der Waals surface area contributed by atoms with E-state index in [1.165, 1.54) is 37.6 Å². The van der Waals surface area contributed by atoms with Crippen LogP contribution in [0.15, 0.2) is 47.6 Å². The zero-order valence-electron chi connectivity index (χ0n) is 15.7. The molecule has 1 amide bonds. The minimum absolute atomic E-state index is 0.00236. The highest BCUT2D eigenvalue weighted by molar-refractivity contribution is 7.92. The molecule has 1 aliphatic heterocycles. The SMILES string of the molecule is COc1cc2c(cc1OC)-n1c(S(=O)(=O)Nc3ccc(C(N)=O)cc3)cnc1C2. The Balaban J connectivity index is 1.73. The van der Waals surface area contributed by atoms with Gasteiger partial charge in [-0.2, -0.15) is 8.42 Å². The molecule has 0 fully saturated rings. The van der Waals surface area contributed by atoms with Crippen LogP contribution in [0.4, 0.5) is 5.69 Å². The summed E-state index contributed by atoms with van der Waals surface area (Å²) in [5.74, 6) is 1.06. The standard InChI is InChI=1S/C19H18N4O5S/c1-27-15-7-12-8-17-21-10-18(23(17)14(12)9-16(15)28-2)29(25,26)22-13-5-3-11(4-6-13)19(20)24/h3-7,9-10,22H,8H2,1-2H3,(H2,20,24). The zero-order chi connectivity index (χ0) is 20.8. The molecule has 3 N–H and O–H groups in total. The number of sulfonamides is 1. The second kappa shape index (κ2) is 6.82. The van der Waals surface area contributed by atoms with Gasteiger partial charge in [-0.1, -0.05) is 0 Å². The largest absolute Gasteiger partial charge is 0.493 e. The lowest BCUT2D eigenvalue weighted by molar-refractivity contribution is 0.100. The molecule has 0 bridgehead atoms. The number of primary amides is 1. The van der Waals surface area contributed by atoms with Crippen LogP contribution >= 0.6 is 0 Å². The molecular weight excluding hydrogens is 396 g/mol. The predicted molar refractivity (Wildman–Crippen MR) is 105 cm³/mol. The topological polar surface area (TPSA) is 126 Å². The molecule has 4 rings (SSSR count). The van der Waals surface area contributed by atoms with Gasteiger partial charge in [0, 0.05) is 23.7 Å². The molecule has 2 heterocycles. The average molecular weight is 414 g/mol. The molecule has 9 nitrogen and oxygen atoms in total. The smallest absolute Gasteiger partial charge is 0.279 e. The average Bonchev–Trinajstić information content (AvgIpc) is 3.26. The van der Waals surface area contributed by atoms with Crippen molar-refractivity contribution in [3.05, 3.63) is 59.5 Å². The normalized spacial score (nSPS) is 12.2. The number of benzene rings is 2. The minimum atomic E-state index is -3.94. The fourth-order valence-corrected chi connectivity index (χ4v) is 4.47. The molecule has 0 unspecified atom stereocenters. The van der Waals surface area contributed by atoms with E-state index in [0.29, 0.717) is 35.1 Å². The highest BCUT2D eigenvalue weighted by Crippen LogP contribution is 2.38. The van der Waals surface area contributed by atoms with Gasteiger partial charge >= 0.3 is 0 Å². The number of hydrogen-bond acceptors (Lipinski definition) is 6. The first-order valence-corrected chi connectivity index (χ1v) is 10.1. The Labute approximate surface area is 167 Å². The van der Waals surface area contributed by atoms with Crippen molar-refractivity contribution in [3.8, 4) is 17.2 Å². The second-order valence-corrected chi connectivity index (χ2v) is 8.04. The first-order valence-electron chi connectivity index (χ1n) is 8.58. The van der Waals surface area contributed by atoms with Gasteiger partial charge in [-0.25, -0.2) is 4.98 Å². The Hall–Kier alpha value is -3.53. The number of carbonyl (C=O) groups is 1. The summed E-state index contributed by atoms with van der Waals surface area (Å²) in [7, 11) is -0.885. The number of nitrogens with one attached hydrogen (secondary N) is 1. The number of nitrogens with two attached hydrogens (primary N) is 1. The quantitative estimate of drug-likeness (QED) is 0.495. The zero-order valence-corrected chi connectivity index (χ0v) is 16.5. The van der Waals surface area contributed by atoms with E-state index >= 15 is 0 Å². The number of carbonyl (C=O) groups excluding carboxylic acids is 1. The van der Waals surface area contributed by atoms with E-state index in [2.05, 4.69) is 9.71 Å². The maximum atomic E-state index is 13.0. The fourth-order valence-electron chi connectivity index (χ4n) is 3.28. The monoisotopic (exact) mass is 414 g/mol. The molecule has 10 heteroatoms. The molecule has 1 aliphatic rings. The molecule has 0 spiro atoms. The highest BCUT2D eigenvalue weighted by atomic mass is 32.2. The van der Waals surface area contributed by atoms with E-state index in [-0.39, 0.29) is 10.6 Å². The Morgan fingerprint density at radius 1 is 1.14 bits per heavy atom. The van der Waals surface area contributed by atoms with Crippen molar-refractivity contribution in [1.29, 1.82) is 0 Å². The fraction of sp³-hybridized carbons (Fsp3) is 0.158. The molecular formula is C19H18N4O5S. The molecule has 0 atom stereocenters. The van der Waals surface area contributed by atoms with E-state index in [0.717, 1.165) is 5.56 Å². The molecule has 29 heavy (non-hydrogen) atoms. The van der Waals surface area contributed by atoms with Crippen LogP contribution in [0.25, 0.3) is 5.69 Å². The summed E-state index contributed by atoms with van der Waals surface area (Å²) in [5.41, 5.74) is 7.35. The third-order valence-corrected chi connectivity index (χ3v) is 6.02. The number of fused-ring (bicyclic) bond motifs is 3. The van der Waals surface area contributed by atoms with E-state index in [1.807, 2.05) is 6.07 Å². The first kappa shape index (κ1) is 18.8. The second-order valence-electron chi connectivity index (χ2n) is 6.41. The lowest BCUT2D eigenvalue weighted by Crippen LogP contribution is -2.17. The number of rotatable bonds is 6. The lowest BCUT2D eigenvalue weighted by atomic mass is 10.1. The number of nitrogens with zero attached hydrogens (tertiary/aromatic N) is 2. The summed E-state index contributed by atoms with van der Waals surface area (Å²) in [5, 5.41) is -0.00236. The van der Waals surface area contributed by atoms with Gasteiger partial charge in [0.2, 0.25) is 5.91 Å². The van der Waals surface area contributed by atoms with Crippen LogP contribution in [-0.2, 0) is 16.4 Å². The number of amides is 1. The van der Waals surface area contributed by atoms with Gasteiger partial charge in [-0.3, -0.25) is 14.1 Å². The van der Waals surface area contributed by atoms with Crippen LogP contribution in [0, 0.1) is 0 Å². The Morgan fingerprint density at radius 3 is 2.41 bits per heavy atom. The number of hydrogen-bond donors (Lipinski definition) is 2. The van der Waals surface area contributed by atoms with E-state index < -0.39 is 15.9 Å². The van der Waals surface area contributed by atoms with Crippen LogP contribution in [-0.4, -0.2) is 38.1 Å². The van der Waals surface area contributed by atoms with Gasteiger partial charge in [0.1, 0.15) is 5.82 Å². The molecule has 150 valence electrons. The Kier molecular flexibility index (Phi) is 4.42. The van der Waals surface area contributed by atoms with Crippen LogP contribution in [0.1, 0.15) is 21.7 Å².